The molecule has 1 atom stereocenters. The maximum absolute atomic E-state index is 13.1. The smallest absolute Gasteiger partial charge is 0.306 e. The lowest BCUT2D eigenvalue weighted by Gasteiger charge is -2.32. The second-order valence-electron chi connectivity index (χ2n) is 4.70. The first-order valence-electron chi connectivity index (χ1n) is 6.15. The Morgan fingerprint density at radius 1 is 1.35 bits per heavy atom. The quantitative estimate of drug-likeness (QED) is 0.858. The normalized spacial score (nSPS) is 20.1. The molecule has 0 spiro atoms. The highest BCUT2D eigenvalue weighted by atomic mass is 19.2. The number of benzene rings is 1. The predicted octanol–water partition coefficient (Wildman–Crippen LogP) is 1.78. The lowest BCUT2D eigenvalue weighted by molar-refractivity contribution is -0.142. The zero-order chi connectivity index (χ0) is 14.7. The molecule has 0 radical (unpaired) electrons. The number of carboxylic acids is 1. The fraction of sp³-hybridized carbons (Fsp3) is 0.462. The number of ether oxygens (including phenoxy) is 1. The number of halogens is 3. The van der Waals surface area contributed by atoms with Gasteiger partial charge in [-0.1, -0.05) is 0 Å². The fourth-order valence-corrected chi connectivity index (χ4v) is 2.20. The molecule has 1 heterocycles. The zero-order valence-electron chi connectivity index (χ0n) is 10.6. The summed E-state index contributed by atoms with van der Waals surface area (Å²) < 4.78 is 44.4. The molecule has 2 rings (SSSR count). The Morgan fingerprint density at radius 2 is 2.00 bits per heavy atom. The lowest BCUT2D eigenvalue weighted by atomic mass is 10.1. The Morgan fingerprint density at radius 3 is 2.60 bits per heavy atom. The van der Waals surface area contributed by atoms with Crippen LogP contribution in [-0.4, -0.2) is 41.8 Å². The van der Waals surface area contributed by atoms with E-state index in [1.165, 1.54) is 0 Å². The Labute approximate surface area is 113 Å². The predicted molar refractivity (Wildman–Crippen MR) is 63.6 cm³/mol. The van der Waals surface area contributed by atoms with E-state index < -0.39 is 29.5 Å². The molecule has 1 N–H and O–H groups in total. The minimum atomic E-state index is -1.49. The summed E-state index contributed by atoms with van der Waals surface area (Å²) >= 11 is 0. The van der Waals surface area contributed by atoms with Gasteiger partial charge in [0.15, 0.2) is 17.5 Å². The van der Waals surface area contributed by atoms with Crippen LogP contribution in [0.5, 0.6) is 0 Å². The molecule has 7 heteroatoms. The van der Waals surface area contributed by atoms with Crippen molar-refractivity contribution in [2.45, 2.75) is 19.1 Å². The summed E-state index contributed by atoms with van der Waals surface area (Å²) in [4.78, 5) is 12.4. The summed E-state index contributed by atoms with van der Waals surface area (Å²) in [5.41, 5.74) is 0.303. The maximum Gasteiger partial charge on any atom is 0.306 e. The summed E-state index contributed by atoms with van der Waals surface area (Å²) in [6, 6.07) is 1.89. The van der Waals surface area contributed by atoms with Gasteiger partial charge in [0.25, 0.3) is 0 Å². The van der Waals surface area contributed by atoms with Crippen LogP contribution in [0.3, 0.4) is 0 Å². The van der Waals surface area contributed by atoms with Crippen LogP contribution in [0.15, 0.2) is 12.1 Å². The lowest BCUT2D eigenvalue weighted by Crippen LogP contribution is -2.42. The molecule has 1 fully saturated rings. The van der Waals surface area contributed by atoms with Crippen LogP contribution in [0.4, 0.5) is 13.2 Å². The van der Waals surface area contributed by atoms with Crippen LogP contribution >= 0.6 is 0 Å². The molecular formula is C13H14F3NO3. The van der Waals surface area contributed by atoms with Crippen molar-refractivity contribution in [3.8, 4) is 0 Å². The number of aliphatic carboxylic acids is 1. The third-order valence-electron chi connectivity index (χ3n) is 3.07. The standard InChI is InChI=1S/C13H14F3NO3/c14-10-3-8(4-11(15)13(10)16)6-17-1-2-20-9(7-17)5-12(18)19/h3-4,9H,1-2,5-7H2,(H,18,19). The van der Waals surface area contributed by atoms with Crippen molar-refractivity contribution < 1.29 is 27.8 Å². The topological polar surface area (TPSA) is 49.8 Å². The van der Waals surface area contributed by atoms with E-state index in [1.54, 1.807) is 0 Å². The molecule has 1 aliphatic rings. The van der Waals surface area contributed by atoms with E-state index >= 15 is 0 Å². The Balaban J connectivity index is 2.01. The van der Waals surface area contributed by atoms with Gasteiger partial charge in [0.2, 0.25) is 0 Å². The van der Waals surface area contributed by atoms with Crippen LogP contribution in [0.1, 0.15) is 12.0 Å². The summed E-state index contributed by atoms with van der Waals surface area (Å²) in [5, 5.41) is 8.71. The molecule has 0 saturated carbocycles. The highest BCUT2D eigenvalue weighted by Gasteiger charge is 2.23. The minimum absolute atomic E-state index is 0.122. The zero-order valence-corrected chi connectivity index (χ0v) is 10.6. The molecular weight excluding hydrogens is 275 g/mol. The Hall–Kier alpha value is -1.60. The van der Waals surface area contributed by atoms with Gasteiger partial charge in [0.1, 0.15) is 0 Å². The van der Waals surface area contributed by atoms with E-state index in [9.17, 15) is 18.0 Å². The van der Waals surface area contributed by atoms with Crippen molar-refractivity contribution in [3.05, 3.63) is 35.1 Å². The molecule has 20 heavy (non-hydrogen) atoms. The molecule has 0 bridgehead atoms. The molecule has 1 aliphatic heterocycles. The highest BCUT2D eigenvalue weighted by Crippen LogP contribution is 2.17. The molecule has 0 aromatic heterocycles. The van der Waals surface area contributed by atoms with E-state index in [2.05, 4.69) is 0 Å². The summed E-state index contributed by atoms with van der Waals surface area (Å²) in [7, 11) is 0. The number of morpholine rings is 1. The maximum atomic E-state index is 13.1. The SMILES string of the molecule is O=C(O)CC1CN(Cc2cc(F)c(F)c(F)c2)CCO1. The highest BCUT2D eigenvalue weighted by molar-refractivity contribution is 5.67. The number of hydrogen-bond donors (Lipinski definition) is 1. The summed E-state index contributed by atoms with van der Waals surface area (Å²) in [5.74, 6) is -4.90. The summed E-state index contributed by atoms with van der Waals surface area (Å²) in [6.07, 6.45) is -0.570. The third-order valence-corrected chi connectivity index (χ3v) is 3.07. The van der Waals surface area contributed by atoms with Gasteiger partial charge in [0, 0.05) is 19.6 Å². The van der Waals surface area contributed by atoms with E-state index in [0.29, 0.717) is 25.3 Å². The molecule has 4 nitrogen and oxygen atoms in total. The minimum Gasteiger partial charge on any atom is -0.481 e. The molecule has 1 saturated heterocycles. The molecule has 0 aliphatic carbocycles. The molecule has 1 aromatic rings. The summed E-state index contributed by atoms with van der Waals surface area (Å²) in [6.45, 7) is 1.45. The first-order valence-corrected chi connectivity index (χ1v) is 6.15. The van der Waals surface area contributed by atoms with E-state index in [4.69, 9.17) is 9.84 Å². The Bertz CT molecular complexity index is 487. The van der Waals surface area contributed by atoms with Gasteiger partial charge in [0.05, 0.1) is 19.1 Å². The van der Waals surface area contributed by atoms with Crippen molar-refractivity contribution in [1.29, 1.82) is 0 Å². The van der Waals surface area contributed by atoms with Crippen molar-refractivity contribution in [2.75, 3.05) is 19.7 Å². The molecule has 0 amide bonds. The first-order chi connectivity index (χ1) is 9.45. The van der Waals surface area contributed by atoms with E-state index in [0.717, 1.165) is 12.1 Å². The molecule has 1 unspecified atom stereocenters. The van der Waals surface area contributed by atoms with Crippen LogP contribution in [0.25, 0.3) is 0 Å². The number of rotatable bonds is 4. The van der Waals surface area contributed by atoms with Gasteiger partial charge in [-0.05, 0) is 17.7 Å². The number of carboxylic acid groups (broad SMARTS) is 1. The van der Waals surface area contributed by atoms with Gasteiger partial charge in [-0.2, -0.15) is 0 Å². The number of carbonyl (C=O) groups is 1. The second kappa shape index (κ2) is 6.23. The van der Waals surface area contributed by atoms with Crippen LogP contribution < -0.4 is 0 Å². The van der Waals surface area contributed by atoms with Gasteiger partial charge in [-0.15, -0.1) is 0 Å². The molecule has 1 aromatic carbocycles. The molecule has 110 valence electrons. The van der Waals surface area contributed by atoms with Crippen LogP contribution in [-0.2, 0) is 16.1 Å². The fourth-order valence-electron chi connectivity index (χ4n) is 2.20. The average Bonchev–Trinajstić information content (AvgIpc) is 2.35. The first kappa shape index (κ1) is 14.8. The number of nitrogens with zero attached hydrogens (tertiary/aromatic N) is 1. The number of hydrogen-bond acceptors (Lipinski definition) is 3. The van der Waals surface area contributed by atoms with Crippen molar-refractivity contribution in [3.63, 3.8) is 0 Å². The average molecular weight is 289 g/mol. The van der Waals surface area contributed by atoms with Crippen molar-refractivity contribution in [2.24, 2.45) is 0 Å². The van der Waals surface area contributed by atoms with Crippen molar-refractivity contribution >= 4 is 5.97 Å². The Kier molecular flexibility index (Phi) is 4.61. The third kappa shape index (κ3) is 3.71. The second-order valence-corrected chi connectivity index (χ2v) is 4.70. The van der Waals surface area contributed by atoms with Crippen LogP contribution in [0.2, 0.25) is 0 Å². The van der Waals surface area contributed by atoms with E-state index in [1.807, 2.05) is 4.90 Å². The van der Waals surface area contributed by atoms with Gasteiger partial charge in [-0.25, -0.2) is 13.2 Å². The van der Waals surface area contributed by atoms with E-state index in [-0.39, 0.29) is 13.0 Å². The van der Waals surface area contributed by atoms with Crippen molar-refractivity contribution in [1.82, 2.24) is 4.90 Å². The monoisotopic (exact) mass is 289 g/mol. The largest absolute Gasteiger partial charge is 0.481 e. The van der Waals surface area contributed by atoms with Gasteiger partial charge < -0.3 is 9.84 Å². The van der Waals surface area contributed by atoms with Crippen LogP contribution in [0, 0.1) is 17.5 Å². The van der Waals surface area contributed by atoms with Gasteiger partial charge >= 0.3 is 5.97 Å². The van der Waals surface area contributed by atoms with Gasteiger partial charge in [-0.3, -0.25) is 9.69 Å².